The summed E-state index contributed by atoms with van der Waals surface area (Å²) in [5, 5.41) is 12.3. The number of carboxylic acids is 1. The minimum absolute atomic E-state index is 0.203. The smallest absolute Gasteiger partial charge is 0.326 e. The molecule has 6 heteroatoms. The molecule has 0 aromatic heterocycles. The van der Waals surface area contributed by atoms with E-state index in [-0.39, 0.29) is 5.92 Å². The molecule has 1 atom stereocenters. The van der Waals surface area contributed by atoms with Gasteiger partial charge in [-0.1, -0.05) is 37.0 Å². The number of carboxylic acid groups (broad SMARTS) is 1. The summed E-state index contributed by atoms with van der Waals surface area (Å²) in [4.78, 5) is 22.6. The molecule has 0 aliphatic carbocycles. The van der Waals surface area contributed by atoms with Gasteiger partial charge in [0.15, 0.2) is 0 Å². The van der Waals surface area contributed by atoms with Crippen LogP contribution < -0.4 is 5.32 Å². The number of amides is 1. The van der Waals surface area contributed by atoms with Gasteiger partial charge < -0.3 is 10.4 Å². The summed E-state index contributed by atoms with van der Waals surface area (Å²) in [5.74, 6) is -1.75. The predicted octanol–water partition coefficient (Wildman–Crippen LogP) is 3.23. The van der Waals surface area contributed by atoms with Crippen LogP contribution in [0.2, 0.25) is 10.0 Å². The predicted molar refractivity (Wildman–Crippen MR) is 79.9 cm³/mol. The lowest BCUT2D eigenvalue weighted by Crippen LogP contribution is -2.43. The van der Waals surface area contributed by atoms with Gasteiger partial charge in [0.05, 0.1) is 0 Å². The zero-order valence-electron chi connectivity index (χ0n) is 11.1. The number of hydrogen-bond donors (Lipinski definition) is 2. The van der Waals surface area contributed by atoms with Crippen LogP contribution in [-0.2, 0) is 9.59 Å². The first-order chi connectivity index (χ1) is 9.29. The Balaban J connectivity index is 2.74. The maximum atomic E-state index is 11.7. The monoisotopic (exact) mass is 315 g/mol. The summed E-state index contributed by atoms with van der Waals surface area (Å²) in [6.45, 7) is 3.44. The van der Waals surface area contributed by atoms with Crippen LogP contribution in [0, 0.1) is 5.92 Å². The quantitative estimate of drug-likeness (QED) is 0.820. The summed E-state index contributed by atoms with van der Waals surface area (Å²) < 4.78 is 0. The van der Waals surface area contributed by atoms with Crippen molar-refractivity contribution in [3.05, 3.63) is 39.9 Å². The fourth-order valence-electron chi connectivity index (χ4n) is 1.56. The highest BCUT2D eigenvalue weighted by Gasteiger charge is 2.22. The average Bonchev–Trinajstić information content (AvgIpc) is 2.31. The Kier molecular flexibility index (Phi) is 6.05. The van der Waals surface area contributed by atoms with Crippen LogP contribution in [-0.4, -0.2) is 23.0 Å². The van der Waals surface area contributed by atoms with Crippen LogP contribution in [0.25, 0.3) is 6.08 Å². The zero-order valence-corrected chi connectivity index (χ0v) is 12.6. The van der Waals surface area contributed by atoms with E-state index in [1.807, 2.05) is 0 Å². The van der Waals surface area contributed by atoms with E-state index in [0.29, 0.717) is 15.6 Å². The molecule has 0 saturated carbocycles. The van der Waals surface area contributed by atoms with Crippen LogP contribution in [0.3, 0.4) is 0 Å². The molecule has 1 aromatic rings. The number of nitrogens with one attached hydrogen (secondary N) is 1. The molecule has 108 valence electrons. The van der Waals surface area contributed by atoms with Crippen LogP contribution in [0.15, 0.2) is 24.3 Å². The highest BCUT2D eigenvalue weighted by Crippen LogP contribution is 2.19. The van der Waals surface area contributed by atoms with E-state index in [2.05, 4.69) is 5.32 Å². The number of rotatable bonds is 5. The minimum atomic E-state index is -1.06. The van der Waals surface area contributed by atoms with Gasteiger partial charge in [-0.3, -0.25) is 4.79 Å². The standard InChI is InChI=1S/C14H15Cl2NO3/c1-8(2)13(14(19)20)17-12(18)4-3-9-5-10(15)7-11(16)6-9/h3-8,13H,1-2H3,(H,17,18)(H,19,20)/b4-3+. The van der Waals surface area contributed by atoms with Crippen LogP contribution >= 0.6 is 23.2 Å². The molecule has 4 nitrogen and oxygen atoms in total. The lowest BCUT2D eigenvalue weighted by atomic mass is 10.0. The first-order valence-electron chi connectivity index (χ1n) is 5.97. The molecule has 0 fully saturated rings. The molecule has 1 aromatic carbocycles. The molecule has 0 radical (unpaired) electrons. The van der Waals surface area contributed by atoms with Gasteiger partial charge in [-0.25, -0.2) is 4.79 Å². The second kappa shape index (κ2) is 7.31. The molecule has 0 spiro atoms. The van der Waals surface area contributed by atoms with Gasteiger partial charge in [0.2, 0.25) is 5.91 Å². The second-order valence-corrected chi connectivity index (χ2v) is 5.48. The Hall–Kier alpha value is -1.52. The maximum absolute atomic E-state index is 11.7. The van der Waals surface area contributed by atoms with Crippen molar-refractivity contribution in [2.45, 2.75) is 19.9 Å². The minimum Gasteiger partial charge on any atom is -0.480 e. The van der Waals surface area contributed by atoms with Crippen molar-refractivity contribution in [3.8, 4) is 0 Å². The van der Waals surface area contributed by atoms with Crippen molar-refractivity contribution in [2.24, 2.45) is 5.92 Å². The van der Waals surface area contributed by atoms with Gasteiger partial charge in [-0.05, 0) is 35.8 Å². The molecule has 0 aliphatic heterocycles. The molecule has 1 amide bonds. The van der Waals surface area contributed by atoms with Gasteiger partial charge >= 0.3 is 5.97 Å². The van der Waals surface area contributed by atoms with E-state index in [0.717, 1.165) is 0 Å². The van der Waals surface area contributed by atoms with Crippen LogP contribution in [0.1, 0.15) is 19.4 Å². The first-order valence-corrected chi connectivity index (χ1v) is 6.72. The Morgan fingerprint density at radius 3 is 2.20 bits per heavy atom. The highest BCUT2D eigenvalue weighted by atomic mass is 35.5. The molecule has 2 N–H and O–H groups in total. The summed E-state index contributed by atoms with van der Waals surface area (Å²) in [5.41, 5.74) is 0.661. The number of aliphatic carboxylic acids is 1. The van der Waals surface area contributed by atoms with E-state index in [4.69, 9.17) is 28.3 Å². The van der Waals surface area contributed by atoms with E-state index in [1.165, 1.54) is 12.2 Å². The van der Waals surface area contributed by atoms with Gasteiger partial charge in [0.25, 0.3) is 0 Å². The zero-order chi connectivity index (χ0) is 15.3. The molecule has 1 rings (SSSR count). The normalized spacial score (nSPS) is 12.7. The number of halogens is 2. The van der Waals surface area contributed by atoms with Crippen molar-refractivity contribution in [3.63, 3.8) is 0 Å². The van der Waals surface area contributed by atoms with Crippen molar-refractivity contribution < 1.29 is 14.7 Å². The Bertz CT molecular complexity index is 521. The van der Waals surface area contributed by atoms with Gasteiger partial charge in [0, 0.05) is 16.1 Å². The summed E-state index contributed by atoms with van der Waals surface area (Å²) in [6.07, 6.45) is 2.77. The summed E-state index contributed by atoms with van der Waals surface area (Å²) >= 11 is 11.7. The topological polar surface area (TPSA) is 66.4 Å². The number of benzene rings is 1. The van der Waals surface area contributed by atoms with Crippen molar-refractivity contribution in [1.29, 1.82) is 0 Å². The van der Waals surface area contributed by atoms with Crippen molar-refractivity contribution >= 4 is 41.2 Å². The number of carbonyl (C=O) groups is 2. The van der Waals surface area contributed by atoms with Crippen molar-refractivity contribution in [2.75, 3.05) is 0 Å². The molecular formula is C14H15Cl2NO3. The largest absolute Gasteiger partial charge is 0.480 e. The van der Waals surface area contributed by atoms with Crippen LogP contribution in [0.5, 0.6) is 0 Å². The third-order valence-electron chi connectivity index (χ3n) is 2.54. The Morgan fingerprint density at radius 2 is 1.75 bits per heavy atom. The fraction of sp³-hybridized carbons (Fsp3) is 0.286. The summed E-state index contributed by atoms with van der Waals surface area (Å²) in [7, 11) is 0. The molecule has 0 bridgehead atoms. The lowest BCUT2D eigenvalue weighted by molar-refractivity contribution is -0.142. The number of carbonyl (C=O) groups excluding carboxylic acids is 1. The Morgan fingerprint density at radius 1 is 1.20 bits per heavy atom. The third-order valence-corrected chi connectivity index (χ3v) is 2.98. The van der Waals surface area contributed by atoms with E-state index < -0.39 is 17.9 Å². The lowest BCUT2D eigenvalue weighted by Gasteiger charge is -2.16. The van der Waals surface area contributed by atoms with E-state index in [9.17, 15) is 9.59 Å². The maximum Gasteiger partial charge on any atom is 0.326 e. The van der Waals surface area contributed by atoms with Gasteiger partial charge in [0.1, 0.15) is 6.04 Å². The SMILES string of the molecule is CC(C)C(NC(=O)/C=C/c1cc(Cl)cc(Cl)c1)C(=O)O. The molecule has 0 heterocycles. The second-order valence-electron chi connectivity index (χ2n) is 4.60. The third kappa shape index (κ3) is 5.23. The van der Waals surface area contributed by atoms with E-state index in [1.54, 1.807) is 32.0 Å². The van der Waals surface area contributed by atoms with Gasteiger partial charge in [-0.2, -0.15) is 0 Å². The molecule has 0 saturated heterocycles. The van der Waals surface area contributed by atoms with Gasteiger partial charge in [-0.15, -0.1) is 0 Å². The molecule has 0 aliphatic rings. The molecule has 1 unspecified atom stereocenters. The average molecular weight is 316 g/mol. The Labute approximate surface area is 127 Å². The van der Waals surface area contributed by atoms with Crippen molar-refractivity contribution in [1.82, 2.24) is 5.32 Å². The highest BCUT2D eigenvalue weighted by molar-refractivity contribution is 6.34. The first kappa shape index (κ1) is 16.5. The number of hydrogen-bond acceptors (Lipinski definition) is 2. The summed E-state index contributed by atoms with van der Waals surface area (Å²) in [6, 6.07) is 3.96. The molecule has 20 heavy (non-hydrogen) atoms. The fourth-order valence-corrected chi connectivity index (χ4v) is 2.10. The van der Waals surface area contributed by atoms with E-state index >= 15 is 0 Å². The van der Waals surface area contributed by atoms with Crippen LogP contribution in [0.4, 0.5) is 0 Å². The molecular weight excluding hydrogens is 301 g/mol.